The van der Waals surface area contributed by atoms with Gasteiger partial charge in [0.1, 0.15) is 11.5 Å². The van der Waals surface area contributed by atoms with Crippen LogP contribution in [0.5, 0.6) is 11.5 Å². The van der Waals surface area contributed by atoms with E-state index in [4.69, 9.17) is 4.74 Å². The van der Waals surface area contributed by atoms with Gasteiger partial charge in [0.15, 0.2) is 0 Å². The number of likely N-dealkylation sites (N-methyl/N-ethyl adjacent to an activating group) is 1. The second-order valence-electron chi connectivity index (χ2n) is 4.95. The number of rotatable bonds is 7. The molecule has 2 aromatic carbocycles. The lowest BCUT2D eigenvalue weighted by Crippen LogP contribution is -2.32. The first-order valence-corrected chi connectivity index (χ1v) is 7.56. The molecule has 2 rings (SSSR count). The van der Waals surface area contributed by atoms with Gasteiger partial charge in [-0.05, 0) is 49.5 Å². The summed E-state index contributed by atoms with van der Waals surface area (Å²) in [4.78, 5) is 14.0. The van der Waals surface area contributed by atoms with Gasteiger partial charge in [0.25, 0.3) is 0 Å². The van der Waals surface area contributed by atoms with E-state index in [9.17, 15) is 4.79 Å². The van der Waals surface area contributed by atoms with Crippen LogP contribution in [0.25, 0.3) is 0 Å². The van der Waals surface area contributed by atoms with Gasteiger partial charge in [-0.3, -0.25) is 9.69 Å². The van der Waals surface area contributed by atoms with E-state index >= 15 is 0 Å². The normalized spacial score (nSPS) is 10.0. The molecule has 0 heterocycles. The Labute approximate surface area is 143 Å². The molecule has 1 N–H and O–H groups in total. The van der Waals surface area contributed by atoms with Gasteiger partial charge in [-0.1, -0.05) is 32.0 Å². The number of amides is 1. The van der Waals surface area contributed by atoms with Gasteiger partial charge < -0.3 is 10.1 Å². The molecular formula is C18H23ClN2O2. The van der Waals surface area contributed by atoms with E-state index in [-0.39, 0.29) is 18.3 Å². The Kier molecular flexibility index (Phi) is 8.16. The number of hydrogen-bond donors (Lipinski definition) is 1. The van der Waals surface area contributed by atoms with Gasteiger partial charge in [-0.2, -0.15) is 0 Å². The van der Waals surface area contributed by atoms with Crippen LogP contribution in [-0.4, -0.2) is 30.4 Å². The number of halogens is 1. The zero-order valence-corrected chi connectivity index (χ0v) is 14.3. The molecule has 23 heavy (non-hydrogen) atoms. The van der Waals surface area contributed by atoms with Crippen LogP contribution in [0.2, 0.25) is 0 Å². The number of benzene rings is 2. The molecule has 5 heteroatoms. The summed E-state index contributed by atoms with van der Waals surface area (Å²) in [5, 5.41) is 2.90. The summed E-state index contributed by atoms with van der Waals surface area (Å²) >= 11 is 0. The predicted octanol–water partition coefficient (Wildman–Crippen LogP) is 4.18. The number of para-hydroxylation sites is 1. The van der Waals surface area contributed by atoms with E-state index in [1.165, 1.54) is 0 Å². The van der Waals surface area contributed by atoms with Crippen LogP contribution < -0.4 is 10.1 Å². The van der Waals surface area contributed by atoms with E-state index in [1.807, 2.05) is 68.4 Å². The van der Waals surface area contributed by atoms with E-state index in [1.54, 1.807) is 0 Å². The van der Waals surface area contributed by atoms with Crippen molar-refractivity contribution in [3.63, 3.8) is 0 Å². The Morgan fingerprint density at radius 2 is 1.52 bits per heavy atom. The lowest BCUT2D eigenvalue weighted by Gasteiger charge is -2.17. The summed E-state index contributed by atoms with van der Waals surface area (Å²) in [5.74, 6) is 1.54. The van der Waals surface area contributed by atoms with Crippen LogP contribution >= 0.6 is 12.4 Å². The highest BCUT2D eigenvalue weighted by atomic mass is 35.5. The van der Waals surface area contributed by atoms with E-state index < -0.39 is 0 Å². The Bertz CT molecular complexity index is 584. The van der Waals surface area contributed by atoms with Crippen molar-refractivity contribution in [1.29, 1.82) is 0 Å². The molecule has 0 bridgehead atoms. The monoisotopic (exact) mass is 334 g/mol. The molecule has 1 amide bonds. The first-order chi connectivity index (χ1) is 10.7. The molecule has 0 aromatic heterocycles. The zero-order valence-electron chi connectivity index (χ0n) is 13.5. The molecular weight excluding hydrogens is 312 g/mol. The Morgan fingerprint density at radius 1 is 0.957 bits per heavy atom. The highest BCUT2D eigenvalue weighted by molar-refractivity contribution is 5.92. The number of nitrogens with zero attached hydrogens (tertiary/aromatic N) is 1. The van der Waals surface area contributed by atoms with Crippen molar-refractivity contribution in [2.45, 2.75) is 13.8 Å². The second-order valence-corrected chi connectivity index (χ2v) is 4.95. The van der Waals surface area contributed by atoms with Crippen LogP contribution in [0.3, 0.4) is 0 Å². The fraction of sp³-hybridized carbons (Fsp3) is 0.278. The molecule has 0 aliphatic heterocycles. The largest absolute Gasteiger partial charge is 0.457 e. The van der Waals surface area contributed by atoms with Gasteiger partial charge in [0, 0.05) is 5.69 Å². The van der Waals surface area contributed by atoms with E-state index in [0.717, 1.165) is 30.3 Å². The molecule has 0 spiro atoms. The van der Waals surface area contributed by atoms with Gasteiger partial charge in [-0.15, -0.1) is 12.4 Å². The van der Waals surface area contributed by atoms with Gasteiger partial charge in [0.05, 0.1) is 6.54 Å². The number of ether oxygens (including phenoxy) is 1. The Balaban J connectivity index is 0.00000264. The van der Waals surface area contributed by atoms with Gasteiger partial charge in [-0.25, -0.2) is 0 Å². The van der Waals surface area contributed by atoms with Crippen LogP contribution in [0.4, 0.5) is 5.69 Å². The fourth-order valence-electron chi connectivity index (χ4n) is 2.08. The number of carbonyl (C=O) groups is 1. The van der Waals surface area contributed by atoms with Crippen LogP contribution in [0.15, 0.2) is 54.6 Å². The quantitative estimate of drug-likeness (QED) is 0.825. The highest BCUT2D eigenvalue weighted by Crippen LogP contribution is 2.22. The van der Waals surface area contributed by atoms with Gasteiger partial charge in [0.2, 0.25) is 5.91 Å². The summed E-state index contributed by atoms with van der Waals surface area (Å²) in [5.41, 5.74) is 0.776. The minimum Gasteiger partial charge on any atom is -0.457 e. The van der Waals surface area contributed by atoms with Crippen molar-refractivity contribution >= 4 is 24.0 Å². The average molecular weight is 335 g/mol. The van der Waals surface area contributed by atoms with E-state index in [2.05, 4.69) is 10.2 Å². The molecule has 0 atom stereocenters. The highest BCUT2D eigenvalue weighted by Gasteiger charge is 2.07. The molecule has 124 valence electrons. The number of hydrogen-bond acceptors (Lipinski definition) is 3. The summed E-state index contributed by atoms with van der Waals surface area (Å²) < 4.78 is 5.72. The molecule has 0 aliphatic rings. The topological polar surface area (TPSA) is 41.6 Å². The first-order valence-electron chi connectivity index (χ1n) is 7.56. The molecule has 0 unspecified atom stereocenters. The van der Waals surface area contributed by atoms with E-state index in [0.29, 0.717) is 6.54 Å². The Hall–Kier alpha value is -2.04. The molecule has 4 nitrogen and oxygen atoms in total. The number of nitrogens with one attached hydrogen (secondary N) is 1. The molecule has 0 saturated carbocycles. The van der Waals surface area contributed by atoms with Crippen molar-refractivity contribution in [3.05, 3.63) is 54.6 Å². The average Bonchev–Trinajstić information content (AvgIpc) is 2.55. The van der Waals surface area contributed by atoms with Crippen molar-refractivity contribution in [2.24, 2.45) is 0 Å². The maximum Gasteiger partial charge on any atom is 0.238 e. The van der Waals surface area contributed by atoms with Gasteiger partial charge >= 0.3 is 0 Å². The summed E-state index contributed by atoms with van der Waals surface area (Å²) in [6.07, 6.45) is 0. The SMILES string of the molecule is CCN(CC)CC(=O)Nc1ccc(Oc2ccccc2)cc1.Cl. The maximum atomic E-state index is 11.9. The van der Waals surface area contributed by atoms with Crippen LogP contribution in [0.1, 0.15) is 13.8 Å². The summed E-state index contributed by atoms with van der Waals surface area (Å²) in [7, 11) is 0. The van der Waals surface area contributed by atoms with Crippen molar-refractivity contribution in [1.82, 2.24) is 4.90 Å². The smallest absolute Gasteiger partial charge is 0.238 e. The third kappa shape index (κ3) is 6.30. The predicted molar refractivity (Wildman–Crippen MR) is 96.6 cm³/mol. The fourth-order valence-corrected chi connectivity index (χ4v) is 2.08. The van der Waals surface area contributed by atoms with Crippen molar-refractivity contribution < 1.29 is 9.53 Å². The number of carbonyl (C=O) groups excluding carboxylic acids is 1. The zero-order chi connectivity index (χ0) is 15.8. The second kappa shape index (κ2) is 9.87. The van der Waals surface area contributed by atoms with Crippen molar-refractivity contribution in [3.8, 4) is 11.5 Å². The molecule has 2 aromatic rings. The molecule has 0 radical (unpaired) electrons. The first kappa shape index (κ1) is 19.0. The third-order valence-corrected chi connectivity index (χ3v) is 3.38. The van der Waals surface area contributed by atoms with Crippen LogP contribution in [-0.2, 0) is 4.79 Å². The molecule has 0 saturated heterocycles. The standard InChI is InChI=1S/C18H22N2O2.ClH/c1-3-20(4-2)14-18(21)19-15-10-12-17(13-11-15)22-16-8-6-5-7-9-16;/h5-13H,3-4,14H2,1-2H3,(H,19,21);1H. The minimum absolute atomic E-state index is 0. The van der Waals surface area contributed by atoms with Crippen LogP contribution in [0, 0.1) is 0 Å². The Morgan fingerprint density at radius 3 is 2.09 bits per heavy atom. The third-order valence-electron chi connectivity index (χ3n) is 3.38. The minimum atomic E-state index is 0. The summed E-state index contributed by atoms with van der Waals surface area (Å²) in [6.45, 7) is 6.25. The number of anilines is 1. The molecule has 0 aliphatic carbocycles. The lowest BCUT2D eigenvalue weighted by atomic mass is 10.3. The maximum absolute atomic E-state index is 11.9. The molecule has 0 fully saturated rings. The lowest BCUT2D eigenvalue weighted by molar-refractivity contribution is -0.117. The van der Waals surface area contributed by atoms with Crippen molar-refractivity contribution in [2.75, 3.05) is 25.0 Å². The summed E-state index contributed by atoms with van der Waals surface area (Å²) in [6, 6.07) is 17.0.